The molecule has 0 bridgehead atoms. The lowest BCUT2D eigenvalue weighted by molar-refractivity contribution is -0.140. The number of aliphatic carboxylic acids is 1. The van der Waals surface area contributed by atoms with Crippen molar-refractivity contribution in [2.24, 2.45) is 0 Å². The fraction of sp³-hybridized carbons (Fsp3) is 0.333. The number of halogens is 1. The second-order valence-corrected chi connectivity index (χ2v) is 6.38. The number of nitrogens with one attached hydrogen (secondary N) is 1. The van der Waals surface area contributed by atoms with Gasteiger partial charge in [0.25, 0.3) is 0 Å². The highest BCUT2D eigenvalue weighted by Crippen LogP contribution is 2.09. The molecule has 0 aliphatic rings. The Balaban J connectivity index is 2.79. The predicted octanol–water partition coefficient (Wildman–Crippen LogP) is 0.330. The predicted molar refractivity (Wildman–Crippen MR) is 69.1 cm³/mol. The van der Waals surface area contributed by atoms with Crippen molar-refractivity contribution in [2.45, 2.75) is 18.7 Å². The molecule has 2 N–H and O–H groups in total. The first kappa shape index (κ1) is 16.1. The maximum Gasteiger partial charge on any atom is 0.327 e. The van der Waals surface area contributed by atoms with Gasteiger partial charge in [-0.05, 0) is 17.7 Å². The summed E-state index contributed by atoms with van der Waals surface area (Å²) in [6, 6.07) is 3.35. The molecule has 8 heteroatoms. The first-order valence-electron chi connectivity index (χ1n) is 5.64. The van der Waals surface area contributed by atoms with Gasteiger partial charge in [-0.25, -0.2) is 17.6 Å². The van der Waals surface area contributed by atoms with Crippen molar-refractivity contribution in [3.05, 3.63) is 35.6 Å². The Morgan fingerprint density at radius 2 is 1.85 bits per heavy atom. The monoisotopic (exact) mass is 303 g/mol. The number of hydrogen-bond acceptors (Lipinski definition) is 4. The van der Waals surface area contributed by atoms with E-state index in [1.165, 1.54) is 12.1 Å². The van der Waals surface area contributed by atoms with Gasteiger partial charge in [0.2, 0.25) is 5.91 Å². The standard InChI is InChI=1S/C12H14FNO5S/c1-8(15)14-11(12(16)17)7-20(18,19)6-9-2-4-10(13)5-3-9/h2-5,11H,6-7H2,1H3,(H,14,15)(H,16,17)/t11-/m0/s1. The smallest absolute Gasteiger partial charge is 0.327 e. The van der Waals surface area contributed by atoms with Gasteiger partial charge in [0.1, 0.15) is 11.9 Å². The van der Waals surface area contributed by atoms with Gasteiger partial charge in [-0.2, -0.15) is 0 Å². The van der Waals surface area contributed by atoms with Crippen molar-refractivity contribution in [3.63, 3.8) is 0 Å². The van der Waals surface area contributed by atoms with E-state index in [9.17, 15) is 22.4 Å². The number of carbonyl (C=O) groups is 2. The van der Waals surface area contributed by atoms with Crippen LogP contribution in [0.25, 0.3) is 0 Å². The van der Waals surface area contributed by atoms with Crippen LogP contribution in [0.2, 0.25) is 0 Å². The lowest BCUT2D eigenvalue weighted by Gasteiger charge is -2.13. The first-order valence-corrected chi connectivity index (χ1v) is 7.46. The van der Waals surface area contributed by atoms with E-state index in [0.29, 0.717) is 5.56 Å². The number of carbonyl (C=O) groups excluding carboxylic acids is 1. The lowest BCUT2D eigenvalue weighted by Crippen LogP contribution is -2.44. The van der Waals surface area contributed by atoms with Crippen molar-refractivity contribution in [3.8, 4) is 0 Å². The van der Waals surface area contributed by atoms with E-state index < -0.39 is 45.1 Å². The number of benzene rings is 1. The van der Waals surface area contributed by atoms with E-state index in [1.807, 2.05) is 0 Å². The third-order valence-corrected chi connectivity index (χ3v) is 4.01. The summed E-state index contributed by atoms with van der Waals surface area (Å²) in [4.78, 5) is 21.7. The van der Waals surface area contributed by atoms with Crippen molar-refractivity contribution in [1.29, 1.82) is 0 Å². The molecule has 0 heterocycles. The fourth-order valence-electron chi connectivity index (χ4n) is 1.57. The van der Waals surface area contributed by atoms with Crippen LogP contribution < -0.4 is 5.32 Å². The van der Waals surface area contributed by atoms with Gasteiger partial charge >= 0.3 is 5.97 Å². The average molecular weight is 303 g/mol. The molecule has 0 aliphatic carbocycles. The molecule has 0 fully saturated rings. The normalized spacial score (nSPS) is 12.7. The molecule has 0 radical (unpaired) electrons. The van der Waals surface area contributed by atoms with Gasteiger partial charge in [0, 0.05) is 6.92 Å². The Morgan fingerprint density at radius 1 is 1.30 bits per heavy atom. The van der Waals surface area contributed by atoms with E-state index in [1.54, 1.807) is 0 Å². The van der Waals surface area contributed by atoms with Crippen LogP contribution in [0, 0.1) is 5.82 Å². The first-order chi connectivity index (χ1) is 9.19. The van der Waals surface area contributed by atoms with Crippen LogP contribution in [0.15, 0.2) is 24.3 Å². The number of sulfone groups is 1. The quantitative estimate of drug-likeness (QED) is 0.788. The Hall–Kier alpha value is -1.96. The van der Waals surface area contributed by atoms with Gasteiger partial charge in [-0.15, -0.1) is 0 Å². The molecule has 110 valence electrons. The summed E-state index contributed by atoms with van der Waals surface area (Å²) in [7, 11) is -3.76. The number of hydrogen-bond donors (Lipinski definition) is 2. The number of amides is 1. The van der Waals surface area contributed by atoms with Gasteiger partial charge in [0.05, 0.1) is 11.5 Å². The zero-order valence-electron chi connectivity index (χ0n) is 10.7. The molecular weight excluding hydrogens is 289 g/mol. The molecule has 0 spiro atoms. The number of carboxylic acids is 1. The molecular formula is C12H14FNO5S. The summed E-state index contributed by atoms with van der Waals surface area (Å²) >= 11 is 0. The summed E-state index contributed by atoms with van der Waals surface area (Å²) < 4.78 is 36.5. The Labute approximate surface area is 115 Å². The van der Waals surface area contributed by atoms with Crippen molar-refractivity contribution >= 4 is 21.7 Å². The highest BCUT2D eigenvalue weighted by atomic mass is 32.2. The molecule has 1 aromatic rings. The summed E-state index contributed by atoms with van der Waals surface area (Å²) in [5.74, 6) is -3.69. The topological polar surface area (TPSA) is 101 Å². The van der Waals surface area contributed by atoms with Crippen LogP contribution in [0.4, 0.5) is 4.39 Å². The van der Waals surface area contributed by atoms with Gasteiger partial charge in [-0.3, -0.25) is 4.79 Å². The lowest BCUT2D eigenvalue weighted by atomic mass is 10.2. The number of carboxylic acid groups (broad SMARTS) is 1. The molecule has 1 rings (SSSR count). The summed E-state index contributed by atoms with van der Waals surface area (Å²) in [6.07, 6.45) is 0. The van der Waals surface area contributed by atoms with E-state index in [2.05, 4.69) is 5.32 Å². The Morgan fingerprint density at radius 3 is 2.30 bits per heavy atom. The Bertz CT molecular complexity index is 597. The molecule has 1 aromatic carbocycles. The van der Waals surface area contributed by atoms with Gasteiger partial charge in [0.15, 0.2) is 9.84 Å². The minimum absolute atomic E-state index is 0.346. The Kier molecular flexibility index (Phi) is 5.20. The summed E-state index contributed by atoms with van der Waals surface area (Å²) in [6.45, 7) is 1.10. The van der Waals surface area contributed by atoms with Crippen molar-refractivity contribution in [2.75, 3.05) is 5.75 Å². The zero-order chi connectivity index (χ0) is 15.3. The molecule has 6 nitrogen and oxygen atoms in total. The van der Waals surface area contributed by atoms with Gasteiger partial charge in [-0.1, -0.05) is 12.1 Å². The maximum atomic E-state index is 12.7. The highest BCUT2D eigenvalue weighted by Gasteiger charge is 2.26. The zero-order valence-corrected chi connectivity index (χ0v) is 11.5. The van der Waals surface area contributed by atoms with Crippen molar-refractivity contribution in [1.82, 2.24) is 5.32 Å². The highest BCUT2D eigenvalue weighted by molar-refractivity contribution is 7.90. The van der Waals surface area contributed by atoms with E-state index >= 15 is 0 Å². The van der Waals surface area contributed by atoms with Crippen molar-refractivity contribution < 1.29 is 27.5 Å². The average Bonchev–Trinajstić information content (AvgIpc) is 2.30. The SMILES string of the molecule is CC(=O)N[C@@H](CS(=O)(=O)Cc1ccc(F)cc1)C(=O)O. The second-order valence-electron chi connectivity index (χ2n) is 4.27. The molecule has 0 saturated heterocycles. The molecule has 0 saturated carbocycles. The van der Waals surface area contributed by atoms with Crippen LogP contribution in [-0.2, 0) is 25.2 Å². The second kappa shape index (κ2) is 6.47. The minimum Gasteiger partial charge on any atom is -0.480 e. The van der Waals surface area contributed by atoms with E-state index in [-0.39, 0.29) is 0 Å². The molecule has 1 amide bonds. The molecule has 20 heavy (non-hydrogen) atoms. The molecule has 0 unspecified atom stereocenters. The maximum absolute atomic E-state index is 12.7. The van der Waals surface area contributed by atoms with Crippen LogP contribution >= 0.6 is 0 Å². The van der Waals surface area contributed by atoms with Crippen LogP contribution in [0.1, 0.15) is 12.5 Å². The minimum atomic E-state index is -3.76. The fourth-order valence-corrected chi connectivity index (χ4v) is 3.12. The third kappa shape index (κ3) is 5.35. The summed E-state index contributed by atoms with van der Waals surface area (Å²) in [5.41, 5.74) is 0.346. The number of rotatable bonds is 6. The van der Waals surface area contributed by atoms with Gasteiger partial charge < -0.3 is 10.4 Å². The van der Waals surface area contributed by atoms with E-state index in [0.717, 1.165) is 19.1 Å². The molecule has 0 aromatic heterocycles. The van der Waals surface area contributed by atoms with Crippen LogP contribution in [-0.4, -0.2) is 37.2 Å². The molecule has 1 atom stereocenters. The van der Waals surface area contributed by atoms with E-state index in [4.69, 9.17) is 5.11 Å². The summed E-state index contributed by atoms with van der Waals surface area (Å²) in [5, 5.41) is 10.9. The van der Waals surface area contributed by atoms with Crippen LogP contribution in [0.3, 0.4) is 0 Å². The molecule has 0 aliphatic heterocycles. The van der Waals surface area contributed by atoms with Crippen LogP contribution in [0.5, 0.6) is 0 Å². The third-order valence-electron chi connectivity index (χ3n) is 2.40. The largest absolute Gasteiger partial charge is 0.480 e.